The lowest BCUT2D eigenvalue weighted by molar-refractivity contribution is -0.137. The second-order valence-electron chi connectivity index (χ2n) is 3.24. The molecule has 0 amide bonds. The zero-order chi connectivity index (χ0) is 13.3. The maximum Gasteiger partial charge on any atom is 0.419 e. The van der Waals surface area contributed by atoms with Crippen LogP contribution in [0.3, 0.4) is 0 Å². The number of halogens is 3. The summed E-state index contributed by atoms with van der Waals surface area (Å²) in [5.41, 5.74) is -1.29. The second kappa shape index (κ2) is 4.09. The maximum atomic E-state index is 12.4. The van der Waals surface area contributed by atoms with Crippen molar-refractivity contribution in [2.75, 3.05) is 0 Å². The largest absolute Gasteiger partial charge is 0.478 e. The first-order valence-electron chi connectivity index (χ1n) is 4.57. The van der Waals surface area contributed by atoms with Crippen LogP contribution < -0.4 is 0 Å². The van der Waals surface area contributed by atoms with Crippen LogP contribution in [0, 0.1) is 0 Å². The number of carboxylic acid groups (broad SMARTS) is 1. The van der Waals surface area contributed by atoms with E-state index in [-0.39, 0.29) is 11.4 Å². The summed E-state index contributed by atoms with van der Waals surface area (Å²) in [6.07, 6.45) is -2.19. The molecule has 2 heterocycles. The Morgan fingerprint density at radius 1 is 1.39 bits per heavy atom. The molecule has 0 fully saturated rings. The Labute approximate surface area is 97.7 Å². The van der Waals surface area contributed by atoms with E-state index in [0.29, 0.717) is 12.4 Å². The van der Waals surface area contributed by atoms with Gasteiger partial charge in [0.2, 0.25) is 0 Å². The Hall–Kier alpha value is -2.45. The van der Waals surface area contributed by atoms with Gasteiger partial charge >= 0.3 is 12.1 Å². The Bertz CT molecular complexity index is 593. The Balaban J connectivity index is 2.50. The van der Waals surface area contributed by atoms with Crippen molar-refractivity contribution < 1.29 is 23.1 Å². The third-order valence-electron chi connectivity index (χ3n) is 2.06. The lowest BCUT2D eigenvalue weighted by Crippen LogP contribution is -2.09. The Kier molecular flexibility index (Phi) is 2.73. The summed E-state index contributed by atoms with van der Waals surface area (Å²) < 4.78 is 37.8. The summed E-state index contributed by atoms with van der Waals surface area (Å²) in [4.78, 5) is 10.9. The molecule has 0 spiro atoms. The first-order valence-corrected chi connectivity index (χ1v) is 4.57. The number of aromatic carboxylic acids is 1. The van der Waals surface area contributed by atoms with E-state index in [0.717, 1.165) is 16.9 Å². The van der Waals surface area contributed by atoms with E-state index < -0.39 is 17.7 Å². The van der Waals surface area contributed by atoms with Gasteiger partial charge in [0, 0.05) is 6.20 Å². The van der Waals surface area contributed by atoms with Crippen molar-refractivity contribution >= 4 is 5.97 Å². The monoisotopic (exact) mass is 258 g/mol. The number of hydrogen-bond acceptors (Lipinski definition) is 4. The van der Waals surface area contributed by atoms with Crippen molar-refractivity contribution in [3.05, 3.63) is 35.8 Å². The van der Waals surface area contributed by atoms with Crippen molar-refractivity contribution in [2.24, 2.45) is 0 Å². The molecule has 0 aliphatic rings. The zero-order valence-electron chi connectivity index (χ0n) is 8.59. The van der Waals surface area contributed by atoms with E-state index in [1.807, 2.05) is 0 Å². The Morgan fingerprint density at radius 3 is 2.67 bits per heavy atom. The molecule has 0 unspecified atom stereocenters. The molecule has 0 radical (unpaired) electrons. The van der Waals surface area contributed by atoms with Gasteiger partial charge in [-0.15, -0.1) is 5.10 Å². The fourth-order valence-corrected chi connectivity index (χ4v) is 1.25. The molecule has 94 valence electrons. The highest BCUT2D eigenvalue weighted by molar-refractivity contribution is 5.90. The molecular formula is C9H5F3N4O2. The second-order valence-corrected chi connectivity index (χ2v) is 3.24. The fraction of sp³-hybridized carbons (Fsp3) is 0.111. The van der Waals surface area contributed by atoms with Crippen LogP contribution in [0.2, 0.25) is 0 Å². The van der Waals surface area contributed by atoms with E-state index in [4.69, 9.17) is 5.11 Å². The van der Waals surface area contributed by atoms with Crippen molar-refractivity contribution in [3.63, 3.8) is 0 Å². The molecule has 2 rings (SSSR count). The number of carboxylic acids is 1. The molecule has 0 aliphatic heterocycles. The van der Waals surface area contributed by atoms with Crippen LogP contribution in [0.1, 0.15) is 15.9 Å². The molecule has 0 saturated heterocycles. The van der Waals surface area contributed by atoms with Crippen LogP contribution in [0.25, 0.3) is 5.82 Å². The van der Waals surface area contributed by atoms with Gasteiger partial charge in [0.25, 0.3) is 0 Å². The van der Waals surface area contributed by atoms with Crippen molar-refractivity contribution in [1.29, 1.82) is 0 Å². The number of carbonyl (C=O) groups is 1. The van der Waals surface area contributed by atoms with E-state index in [2.05, 4.69) is 15.3 Å². The summed E-state index contributed by atoms with van der Waals surface area (Å²) in [6.45, 7) is 0. The highest BCUT2D eigenvalue weighted by atomic mass is 19.4. The van der Waals surface area contributed by atoms with Gasteiger partial charge in [-0.1, -0.05) is 0 Å². The molecule has 2 aromatic rings. The van der Waals surface area contributed by atoms with Crippen LogP contribution in [-0.2, 0) is 6.18 Å². The first-order chi connectivity index (χ1) is 8.39. The average molecular weight is 258 g/mol. The maximum absolute atomic E-state index is 12.4. The van der Waals surface area contributed by atoms with Gasteiger partial charge in [-0.05, 0) is 6.07 Å². The summed E-state index contributed by atoms with van der Waals surface area (Å²) in [7, 11) is 0. The minimum atomic E-state index is -4.55. The van der Waals surface area contributed by atoms with E-state index in [9.17, 15) is 18.0 Å². The minimum absolute atomic E-state index is 0.277. The van der Waals surface area contributed by atoms with Crippen LogP contribution in [0.4, 0.5) is 13.2 Å². The third kappa shape index (κ3) is 2.14. The van der Waals surface area contributed by atoms with Gasteiger partial charge in [-0.25, -0.2) is 9.48 Å². The SMILES string of the molecule is O=C(O)c1ccnnc1-n1cc(C(F)(F)F)cn1. The van der Waals surface area contributed by atoms with E-state index in [1.165, 1.54) is 0 Å². The van der Waals surface area contributed by atoms with E-state index in [1.54, 1.807) is 0 Å². The lowest BCUT2D eigenvalue weighted by atomic mass is 10.3. The highest BCUT2D eigenvalue weighted by Gasteiger charge is 2.32. The number of alkyl halides is 3. The summed E-state index contributed by atoms with van der Waals surface area (Å²) in [6, 6.07) is 1.12. The van der Waals surface area contributed by atoms with Gasteiger partial charge in [0.15, 0.2) is 5.82 Å². The minimum Gasteiger partial charge on any atom is -0.478 e. The first kappa shape index (κ1) is 12.0. The van der Waals surface area contributed by atoms with Crippen molar-refractivity contribution in [3.8, 4) is 5.82 Å². The highest BCUT2D eigenvalue weighted by Crippen LogP contribution is 2.29. The van der Waals surface area contributed by atoms with Crippen molar-refractivity contribution in [1.82, 2.24) is 20.0 Å². The number of aromatic nitrogens is 4. The zero-order valence-corrected chi connectivity index (χ0v) is 8.59. The number of hydrogen-bond donors (Lipinski definition) is 1. The molecule has 0 atom stereocenters. The van der Waals surface area contributed by atoms with Crippen LogP contribution in [-0.4, -0.2) is 31.1 Å². The molecule has 0 aromatic carbocycles. The average Bonchev–Trinajstić information content (AvgIpc) is 2.77. The van der Waals surface area contributed by atoms with Crippen LogP contribution in [0.15, 0.2) is 24.7 Å². The summed E-state index contributed by atoms with van der Waals surface area (Å²) in [5, 5.41) is 19.2. The molecule has 6 nitrogen and oxygen atoms in total. The van der Waals surface area contributed by atoms with Gasteiger partial charge in [-0.2, -0.15) is 23.4 Å². The molecule has 1 N–H and O–H groups in total. The Morgan fingerprint density at radius 2 is 2.11 bits per heavy atom. The van der Waals surface area contributed by atoms with Gasteiger partial charge in [0.1, 0.15) is 5.56 Å². The molecular weight excluding hydrogens is 253 g/mol. The molecule has 0 aliphatic carbocycles. The normalized spacial score (nSPS) is 11.5. The molecule has 0 bridgehead atoms. The van der Waals surface area contributed by atoms with Crippen LogP contribution in [0.5, 0.6) is 0 Å². The van der Waals surface area contributed by atoms with Crippen molar-refractivity contribution in [2.45, 2.75) is 6.18 Å². The van der Waals surface area contributed by atoms with Gasteiger partial charge in [-0.3, -0.25) is 0 Å². The third-order valence-corrected chi connectivity index (χ3v) is 2.06. The molecule has 0 saturated carbocycles. The standard InChI is InChI=1S/C9H5F3N4O2/c10-9(11,12)5-3-14-16(4-5)7-6(8(17)18)1-2-13-15-7/h1-4H,(H,17,18). The fourth-order valence-electron chi connectivity index (χ4n) is 1.25. The topological polar surface area (TPSA) is 80.9 Å². The predicted octanol–water partition coefficient (Wildman–Crippen LogP) is 1.38. The molecule has 9 heteroatoms. The molecule has 18 heavy (non-hydrogen) atoms. The van der Waals surface area contributed by atoms with Gasteiger partial charge in [0.05, 0.1) is 18.0 Å². The lowest BCUT2D eigenvalue weighted by Gasteiger charge is -2.03. The van der Waals surface area contributed by atoms with E-state index >= 15 is 0 Å². The number of rotatable bonds is 2. The smallest absolute Gasteiger partial charge is 0.419 e. The van der Waals surface area contributed by atoms with Crippen LogP contribution >= 0.6 is 0 Å². The quantitative estimate of drug-likeness (QED) is 0.880. The van der Waals surface area contributed by atoms with Gasteiger partial charge < -0.3 is 5.11 Å². The predicted molar refractivity (Wildman–Crippen MR) is 51.1 cm³/mol. The number of nitrogens with zero attached hydrogens (tertiary/aromatic N) is 4. The molecule has 2 aromatic heterocycles. The summed E-state index contributed by atoms with van der Waals surface area (Å²) >= 11 is 0. The summed E-state index contributed by atoms with van der Waals surface area (Å²) in [5.74, 6) is -1.61.